The van der Waals surface area contributed by atoms with Gasteiger partial charge in [0.1, 0.15) is 5.75 Å². The molecule has 34 heavy (non-hydrogen) atoms. The summed E-state index contributed by atoms with van der Waals surface area (Å²) in [7, 11) is 1.47. The Morgan fingerprint density at radius 3 is 2.68 bits per heavy atom. The van der Waals surface area contributed by atoms with Gasteiger partial charge in [0, 0.05) is 31.4 Å². The number of ether oxygens (including phenoxy) is 2. The van der Waals surface area contributed by atoms with Crippen LogP contribution in [0.3, 0.4) is 0 Å². The minimum atomic E-state index is -4.91. The average Bonchev–Trinajstić information content (AvgIpc) is 3.19. The first-order chi connectivity index (χ1) is 16.0. The molecule has 0 aromatic heterocycles. The molecule has 2 aromatic carbocycles. The van der Waals surface area contributed by atoms with Crippen LogP contribution in [0, 0.1) is 0 Å². The maximum Gasteiger partial charge on any atom is 0.573 e. The molecular weight excluding hydrogens is 457 g/mol. The summed E-state index contributed by atoms with van der Waals surface area (Å²) in [6, 6.07) is 7.99. The van der Waals surface area contributed by atoms with Crippen molar-refractivity contribution in [2.75, 3.05) is 32.5 Å². The molecule has 1 heterocycles. The first-order valence-electron chi connectivity index (χ1n) is 10.3. The minimum absolute atomic E-state index is 0.0518. The summed E-state index contributed by atoms with van der Waals surface area (Å²) in [5.74, 6) is -1.39. The monoisotopic (exact) mass is 482 g/mol. The SMILES string of the molecule is COc1ccc(CN2CCC(NC(=O)CNC(=O)c3cc(OC(F)(F)F)ccc3N)C2)cc1O. The molecule has 2 amide bonds. The Balaban J connectivity index is 1.47. The number of nitrogens with two attached hydrogens (primary N) is 1. The van der Waals surface area contributed by atoms with Gasteiger partial charge in [0.25, 0.3) is 5.91 Å². The Morgan fingerprint density at radius 1 is 1.24 bits per heavy atom. The van der Waals surface area contributed by atoms with Gasteiger partial charge < -0.3 is 30.9 Å². The van der Waals surface area contributed by atoms with Crippen molar-refractivity contribution in [3.8, 4) is 17.2 Å². The highest BCUT2D eigenvalue weighted by Crippen LogP contribution is 2.28. The Labute approximate surface area is 193 Å². The van der Waals surface area contributed by atoms with Crippen molar-refractivity contribution < 1.29 is 37.3 Å². The molecule has 0 radical (unpaired) electrons. The Bertz CT molecular complexity index is 1050. The van der Waals surface area contributed by atoms with Crippen LogP contribution in [0.4, 0.5) is 18.9 Å². The lowest BCUT2D eigenvalue weighted by Crippen LogP contribution is -2.43. The van der Waals surface area contributed by atoms with Gasteiger partial charge in [0.05, 0.1) is 19.2 Å². The normalized spacial score (nSPS) is 16.2. The predicted octanol–water partition coefficient (Wildman–Crippen LogP) is 2.00. The number of phenolic OH excluding ortho intramolecular Hbond substituents is 1. The molecule has 9 nitrogen and oxygen atoms in total. The number of methoxy groups -OCH3 is 1. The molecule has 1 saturated heterocycles. The Kier molecular flexibility index (Phi) is 7.72. The molecule has 12 heteroatoms. The molecule has 2 aromatic rings. The number of benzene rings is 2. The summed E-state index contributed by atoms with van der Waals surface area (Å²) in [6.45, 7) is 1.52. The van der Waals surface area contributed by atoms with Crippen molar-refractivity contribution in [2.24, 2.45) is 0 Å². The molecule has 184 valence electrons. The van der Waals surface area contributed by atoms with Crippen LogP contribution in [0.1, 0.15) is 22.3 Å². The third-order valence-corrected chi connectivity index (χ3v) is 5.20. The van der Waals surface area contributed by atoms with E-state index in [0.717, 1.165) is 30.3 Å². The third kappa shape index (κ3) is 6.91. The van der Waals surface area contributed by atoms with E-state index in [0.29, 0.717) is 25.3 Å². The quantitative estimate of drug-likeness (QED) is 0.424. The molecule has 0 saturated carbocycles. The van der Waals surface area contributed by atoms with Gasteiger partial charge >= 0.3 is 6.36 Å². The van der Waals surface area contributed by atoms with Gasteiger partial charge in [0.15, 0.2) is 11.5 Å². The lowest BCUT2D eigenvalue weighted by atomic mass is 10.1. The molecule has 1 aliphatic rings. The number of carbonyl (C=O) groups excluding carboxylic acids is 2. The van der Waals surface area contributed by atoms with E-state index in [1.807, 2.05) is 6.07 Å². The lowest BCUT2D eigenvalue weighted by Gasteiger charge is -2.17. The van der Waals surface area contributed by atoms with Crippen LogP contribution < -0.4 is 25.8 Å². The fraction of sp³-hybridized carbons (Fsp3) is 0.364. The van der Waals surface area contributed by atoms with E-state index >= 15 is 0 Å². The highest BCUT2D eigenvalue weighted by atomic mass is 19.4. The lowest BCUT2D eigenvalue weighted by molar-refractivity contribution is -0.274. The van der Waals surface area contributed by atoms with Crippen molar-refractivity contribution in [3.63, 3.8) is 0 Å². The van der Waals surface area contributed by atoms with E-state index in [9.17, 15) is 27.9 Å². The predicted molar refractivity (Wildman–Crippen MR) is 116 cm³/mol. The molecule has 1 fully saturated rings. The number of anilines is 1. The first kappa shape index (κ1) is 25.0. The van der Waals surface area contributed by atoms with Gasteiger partial charge in [-0.1, -0.05) is 6.07 Å². The Hall–Kier alpha value is -3.67. The van der Waals surface area contributed by atoms with Gasteiger partial charge in [0.2, 0.25) is 5.91 Å². The van der Waals surface area contributed by atoms with Crippen molar-refractivity contribution in [1.82, 2.24) is 15.5 Å². The van der Waals surface area contributed by atoms with E-state index in [1.165, 1.54) is 7.11 Å². The number of rotatable bonds is 8. The molecule has 3 rings (SSSR count). The largest absolute Gasteiger partial charge is 0.573 e. The first-order valence-corrected chi connectivity index (χ1v) is 10.3. The number of aromatic hydroxyl groups is 1. The van der Waals surface area contributed by atoms with Gasteiger partial charge in [-0.05, 0) is 42.3 Å². The third-order valence-electron chi connectivity index (χ3n) is 5.20. The van der Waals surface area contributed by atoms with Crippen molar-refractivity contribution >= 4 is 17.5 Å². The van der Waals surface area contributed by atoms with Crippen LogP contribution in [0.25, 0.3) is 0 Å². The van der Waals surface area contributed by atoms with Gasteiger partial charge in [-0.3, -0.25) is 14.5 Å². The van der Waals surface area contributed by atoms with E-state index in [1.54, 1.807) is 12.1 Å². The van der Waals surface area contributed by atoms with Gasteiger partial charge in [-0.25, -0.2) is 0 Å². The second-order valence-electron chi connectivity index (χ2n) is 7.77. The topological polar surface area (TPSA) is 126 Å². The molecule has 0 aliphatic carbocycles. The maximum absolute atomic E-state index is 12.4. The summed E-state index contributed by atoms with van der Waals surface area (Å²) in [6.07, 6.45) is -4.21. The van der Waals surface area contributed by atoms with Crippen LogP contribution in [0.5, 0.6) is 17.2 Å². The molecule has 0 bridgehead atoms. The molecule has 1 atom stereocenters. The van der Waals surface area contributed by atoms with Crippen molar-refractivity contribution in [2.45, 2.75) is 25.4 Å². The molecule has 1 aliphatic heterocycles. The summed E-state index contributed by atoms with van der Waals surface area (Å²) in [5.41, 5.74) is 6.28. The summed E-state index contributed by atoms with van der Waals surface area (Å²) in [4.78, 5) is 26.7. The van der Waals surface area contributed by atoms with Crippen molar-refractivity contribution in [3.05, 3.63) is 47.5 Å². The minimum Gasteiger partial charge on any atom is -0.504 e. The highest BCUT2D eigenvalue weighted by molar-refractivity contribution is 6.01. The zero-order valence-electron chi connectivity index (χ0n) is 18.3. The van der Waals surface area contributed by atoms with Gasteiger partial charge in [-0.15, -0.1) is 13.2 Å². The smallest absolute Gasteiger partial charge is 0.504 e. The van der Waals surface area contributed by atoms with Crippen LogP contribution in [0.2, 0.25) is 0 Å². The molecule has 1 unspecified atom stereocenters. The number of hydrogen-bond donors (Lipinski definition) is 4. The summed E-state index contributed by atoms with van der Waals surface area (Å²) in [5, 5.41) is 15.1. The number of carbonyl (C=O) groups is 2. The fourth-order valence-electron chi connectivity index (χ4n) is 3.65. The molecule has 0 spiro atoms. The fourth-order valence-corrected chi connectivity index (χ4v) is 3.65. The number of phenols is 1. The second-order valence-corrected chi connectivity index (χ2v) is 7.77. The van der Waals surface area contributed by atoms with E-state index in [2.05, 4.69) is 20.3 Å². The number of nitrogen functional groups attached to an aromatic ring is 1. The number of hydrogen-bond acceptors (Lipinski definition) is 7. The van der Waals surface area contributed by atoms with E-state index in [4.69, 9.17) is 10.5 Å². The summed E-state index contributed by atoms with van der Waals surface area (Å²) >= 11 is 0. The number of nitrogens with one attached hydrogen (secondary N) is 2. The van der Waals surface area contributed by atoms with E-state index < -0.39 is 23.9 Å². The zero-order valence-corrected chi connectivity index (χ0v) is 18.3. The highest BCUT2D eigenvalue weighted by Gasteiger charge is 2.31. The van der Waals surface area contributed by atoms with Crippen LogP contribution >= 0.6 is 0 Å². The summed E-state index contributed by atoms with van der Waals surface area (Å²) < 4.78 is 46.0. The van der Waals surface area contributed by atoms with Crippen molar-refractivity contribution in [1.29, 1.82) is 0 Å². The number of alkyl halides is 3. The zero-order chi connectivity index (χ0) is 24.9. The maximum atomic E-state index is 12.4. The number of halogens is 3. The number of amides is 2. The Morgan fingerprint density at radius 2 is 2.00 bits per heavy atom. The van der Waals surface area contributed by atoms with E-state index in [-0.39, 0.29) is 29.6 Å². The van der Waals surface area contributed by atoms with Crippen LogP contribution in [-0.2, 0) is 11.3 Å². The molecule has 5 N–H and O–H groups in total. The van der Waals surface area contributed by atoms with Crippen LogP contribution in [0.15, 0.2) is 36.4 Å². The standard InChI is InChI=1S/C22H25F3N4O5/c1-33-19-5-2-13(8-18(19)30)11-29-7-6-14(12-29)28-20(31)10-27-21(32)16-9-15(3-4-17(16)26)34-22(23,24)25/h2-5,8-9,14,30H,6-7,10-12,26H2,1H3,(H,27,32)(H,28,31). The average molecular weight is 482 g/mol. The second kappa shape index (κ2) is 10.5. The number of likely N-dealkylation sites (tertiary alicyclic amines) is 1. The number of nitrogens with zero attached hydrogens (tertiary/aromatic N) is 1. The molecular formula is C22H25F3N4O5. The van der Waals surface area contributed by atoms with Crippen LogP contribution in [-0.4, -0.2) is 61.0 Å². The van der Waals surface area contributed by atoms with Gasteiger partial charge in [-0.2, -0.15) is 0 Å².